The molecule has 8 nitrogen and oxygen atoms in total. The van der Waals surface area contributed by atoms with Gasteiger partial charge in [0.2, 0.25) is 11.8 Å². The highest BCUT2D eigenvalue weighted by atomic mass is 32.2. The number of methoxy groups -OCH3 is 1. The third-order valence-corrected chi connectivity index (χ3v) is 9.55. The zero-order valence-electron chi connectivity index (χ0n) is 26.5. The van der Waals surface area contributed by atoms with Gasteiger partial charge in [-0.05, 0) is 79.9 Å². The summed E-state index contributed by atoms with van der Waals surface area (Å²) >= 11 is 0. The number of carbonyl (C=O) groups is 2. The highest BCUT2D eigenvalue weighted by Crippen LogP contribution is 2.26. The van der Waals surface area contributed by atoms with E-state index in [4.69, 9.17) is 4.74 Å². The fraction of sp³-hybridized carbons (Fsp3) is 0.278. The van der Waals surface area contributed by atoms with E-state index in [-0.39, 0.29) is 35.5 Å². The van der Waals surface area contributed by atoms with Crippen LogP contribution in [0.25, 0.3) is 0 Å². The van der Waals surface area contributed by atoms with Crippen LogP contribution in [-0.2, 0) is 32.6 Å². The van der Waals surface area contributed by atoms with Gasteiger partial charge in [0.1, 0.15) is 24.2 Å². The Balaban J connectivity index is 1.81. The molecule has 0 aromatic heterocycles. The molecule has 0 bridgehead atoms. The summed E-state index contributed by atoms with van der Waals surface area (Å²) in [6.45, 7) is 5.05. The minimum atomic E-state index is -4.28. The Kier molecular flexibility index (Phi) is 11.5. The number of amides is 2. The van der Waals surface area contributed by atoms with Gasteiger partial charge in [0.25, 0.3) is 10.0 Å². The molecule has 0 saturated carbocycles. The monoisotopic (exact) mass is 645 g/mol. The number of halogens is 1. The average Bonchev–Trinajstić information content (AvgIpc) is 3.06. The van der Waals surface area contributed by atoms with Gasteiger partial charge in [-0.1, -0.05) is 67.1 Å². The van der Waals surface area contributed by atoms with E-state index in [1.165, 1.54) is 36.3 Å². The molecule has 0 aliphatic rings. The molecule has 2 amide bonds. The summed E-state index contributed by atoms with van der Waals surface area (Å²) < 4.78 is 48.5. The predicted molar refractivity (Wildman–Crippen MR) is 177 cm³/mol. The Morgan fingerprint density at radius 3 is 2.17 bits per heavy atom. The smallest absolute Gasteiger partial charge is 0.264 e. The summed E-state index contributed by atoms with van der Waals surface area (Å²) in [4.78, 5) is 29.8. The number of ether oxygens (including phenoxy) is 1. The third-order valence-electron chi connectivity index (χ3n) is 7.76. The second-order valence-corrected chi connectivity index (χ2v) is 13.1. The maximum Gasteiger partial charge on any atom is 0.264 e. The number of hydrogen-bond donors (Lipinski definition) is 1. The van der Waals surface area contributed by atoms with Crippen molar-refractivity contribution in [2.45, 2.75) is 57.1 Å². The fourth-order valence-corrected chi connectivity index (χ4v) is 6.35. The second kappa shape index (κ2) is 15.5. The van der Waals surface area contributed by atoms with E-state index >= 15 is 0 Å². The van der Waals surface area contributed by atoms with E-state index in [9.17, 15) is 22.4 Å². The van der Waals surface area contributed by atoms with Gasteiger partial charge >= 0.3 is 0 Å². The molecule has 0 saturated heterocycles. The van der Waals surface area contributed by atoms with Crippen LogP contribution in [-0.4, -0.2) is 50.9 Å². The molecule has 4 aromatic rings. The molecule has 4 rings (SSSR count). The quantitative estimate of drug-likeness (QED) is 0.185. The van der Waals surface area contributed by atoms with Crippen LogP contribution in [0.15, 0.2) is 108 Å². The van der Waals surface area contributed by atoms with Crippen molar-refractivity contribution in [1.29, 1.82) is 0 Å². The Bertz CT molecular complexity index is 1720. The van der Waals surface area contributed by atoms with Crippen LogP contribution >= 0.6 is 0 Å². The van der Waals surface area contributed by atoms with Crippen molar-refractivity contribution in [1.82, 2.24) is 10.2 Å². The van der Waals surface area contributed by atoms with Crippen LogP contribution in [0.1, 0.15) is 37.0 Å². The molecule has 46 heavy (non-hydrogen) atoms. The summed E-state index contributed by atoms with van der Waals surface area (Å²) in [7, 11) is -2.74. The number of sulfonamides is 1. The fourth-order valence-electron chi connectivity index (χ4n) is 4.94. The lowest BCUT2D eigenvalue weighted by molar-refractivity contribution is -0.140. The minimum absolute atomic E-state index is 0.00327. The number of anilines is 1. The highest BCUT2D eigenvalue weighted by molar-refractivity contribution is 7.92. The molecular formula is C36H40FN3O5S. The second-order valence-electron chi connectivity index (χ2n) is 11.2. The number of aryl methyl sites for hydroxylation is 1. The van der Waals surface area contributed by atoms with Gasteiger partial charge in [-0.25, -0.2) is 12.8 Å². The summed E-state index contributed by atoms with van der Waals surface area (Å²) in [5.74, 6) is -0.942. The molecular weight excluding hydrogens is 605 g/mol. The van der Waals surface area contributed by atoms with Gasteiger partial charge in [0, 0.05) is 19.0 Å². The lowest BCUT2D eigenvalue weighted by Crippen LogP contribution is -2.54. The van der Waals surface area contributed by atoms with E-state index in [2.05, 4.69) is 5.32 Å². The van der Waals surface area contributed by atoms with Crippen LogP contribution in [0.5, 0.6) is 5.75 Å². The van der Waals surface area contributed by atoms with E-state index in [0.717, 1.165) is 27.6 Å². The van der Waals surface area contributed by atoms with Gasteiger partial charge in [-0.3, -0.25) is 13.9 Å². The molecule has 2 atom stereocenters. The van der Waals surface area contributed by atoms with Crippen LogP contribution in [0, 0.1) is 12.7 Å². The Labute approximate surface area is 270 Å². The first-order chi connectivity index (χ1) is 22.0. The van der Waals surface area contributed by atoms with Gasteiger partial charge in [0.05, 0.1) is 17.7 Å². The standard InChI is InChI=1S/C36H40FN3O5S/c1-5-27(3)38-36(42)34(23-28-10-7-6-8-11-28)39(24-29-12-9-13-32(22-29)45-4)35(41)25-40(31-18-16-30(37)17-19-31)46(43,44)33-20-14-26(2)15-21-33/h6-22,27,34H,5,23-25H2,1-4H3,(H,38,42)/t27-,34+/m1/s1. The highest BCUT2D eigenvalue weighted by Gasteiger charge is 2.35. The summed E-state index contributed by atoms with van der Waals surface area (Å²) in [6.07, 6.45) is 0.876. The maximum atomic E-state index is 14.5. The SMILES string of the molecule is CC[C@@H](C)NC(=O)[C@H](Cc1ccccc1)N(Cc1cccc(OC)c1)C(=O)CN(c1ccc(F)cc1)S(=O)(=O)c1ccc(C)cc1. The van der Waals surface area contributed by atoms with Gasteiger partial charge in [-0.2, -0.15) is 0 Å². The Morgan fingerprint density at radius 1 is 0.891 bits per heavy atom. The molecule has 0 unspecified atom stereocenters. The van der Waals surface area contributed by atoms with Crippen LogP contribution in [0.3, 0.4) is 0 Å². The zero-order valence-corrected chi connectivity index (χ0v) is 27.3. The normalized spacial score (nSPS) is 12.5. The van der Waals surface area contributed by atoms with Crippen molar-refractivity contribution in [2.24, 2.45) is 0 Å². The summed E-state index contributed by atoms with van der Waals surface area (Å²) in [6, 6.07) is 26.6. The van der Waals surface area contributed by atoms with Gasteiger partial charge in [0.15, 0.2) is 0 Å². The van der Waals surface area contributed by atoms with Gasteiger partial charge < -0.3 is 15.0 Å². The first-order valence-electron chi connectivity index (χ1n) is 15.1. The number of carbonyl (C=O) groups excluding carboxylic acids is 2. The number of benzene rings is 4. The van der Waals surface area contributed by atoms with Crippen molar-refractivity contribution in [3.63, 3.8) is 0 Å². The molecule has 1 N–H and O–H groups in total. The van der Waals surface area contributed by atoms with E-state index in [1.54, 1.807) is 30.3 Å². The van der Waals surface area contributed by atoms with Crippen LogP contribution in [0.2, 0.25) is 0 Å². The van der Waals surface area contributed by atoms with Crippen LogP contribution in [0.4, 0.5) is 10.1 Å². The summed E-state index contributed by atoms with van der Waals surface area (Å²) in [5, 5.41) is 3.02. The Morgan fingerprint density at radius 2 is 1.54 bits per heavy atom. The van der Waals surface area contributed by atoms with Crippen molar-refractivity contribution in [3.8, 4) is 5.75 Å². The van der Waals surface area contributed by atoms with Crippen molar-refractivity contribution in [3.05, 3.63) is 126 Å². The molecule has 242 valence electrons. The predicted octanol–water partition coefficient (Wildman–Crippen LogP) is 5.89. The van der Waals surface area contributed by atoms with E-state index in [1.807, 2.05) is 57.2 Å². The summed E-state index contributed by atoms with van der Waals surface area (Å²) in [5.41, 5.74) is 2.50. The first kappa shape index (κ1) is 34.2. The molecule has 4 aromatic carbocycles. The maximum absolute atomic E-state index is 14.5. The molecule has 0 spiro atoms. The van der Waals surface area contributed by atoms with E-state index < -0.39 is 34.3 Å². The van der Waals surface area contributed by atoms with Crippen molar-refractivity contribution < 1.29 is 27.1 Å². The number of nitrogens with zero attached hydrogens (tertiary/aromatic N) is 2. The average molecular weight is 646 g/mol. The molecule has 0 radical (unpaired) electrons. The zero-order chi connectivity index (χ0) is 33.3. The molecule has 0 aliphatic carbocycles. The minimum Gasteiger partial charge on any atom is -0.497 e. The van der Waals surface area contributed by atoms with Gasteiger partial charge in [-0.15, -0.1) is 0 Å². The lowest BCUT2D eigenvalue weighted by Gasteiger charge is -2.34. The number of rotatable bonds is 14. The van der Waals surface area contributed by atoms with Crippen LogP contribution < -0.4 is 14.4 Å². The largest absolute Gasteiger partial charge is 0.497 e. The topological polar surface area (TPSA) is 96.0 Å². The third kappa shape index (κ3) is 8.72. The Hall–Kier alpha value is -4.70. The molecule has 10 heteroatoms. The molecule has 0 fully saturated rings. The van der Waals surface area contributed by atoms with Crippen molar-refractivity contribution in [2.75, 3.05) is 18.0 Å². The first-order valence-corrected chi connectivity index (χ1v) is 16.6. The van der Waals surface area contributed by atoms with Crippen molar-refractivity contribution >= 4 is 27.5 Å². The lowest BCUT2D eigenvalue weighted by atomic mass is 10.0. The molecule has 0 aliphatic heterocycles. The molecule has 0 heterocycles. The number of hydrogen-bond acceptors (Lipinski definition) is 5. The van der Waals surface area contributed by atoms with E-state index in [0.29, 0.717) is 17.7 Å². The number of nitrogens with one attached hydrogen (secondary N) is 1.